The number of carbonyl (C=O) groups excluding carboxylic acids is 2. The van der Waals surface area contributed by atoms with Crippen molar-refractivity contribution in [2.24, 2.45) is 5.41 Å². The van der Waals surface area contributed by atoms with Gasteiger partial charge in [0, 0.05) is 23.6 Å². The fraction of sp³-hybridized carbons (Fsp3) is 0.556. The number of benzene rings is 1. The van der Waals surface area contributed by atoms with Crippen molar-refractivity contribution < 1.29 is 19.2 Å². The molecule has 25 heavy (non-hydrogen) atoms. The second-order valence-electron chi connectivity index (χ2n) is 8.03. The van der Waals surface area contributed by atoms with E-state index in [0.717, 1.165) is 5.56 Å². The average Bonchev–Trinajstić information content (AvgIpc) is 2.67. The Morgan fingerprint density at radius 2 is 1.88 bits per heavy atom. The lowest BCUT2D eigenvalue weighted by molar-refractivity contribution is -0.384. The van der Waals surface area contributed by atoms with Crippen LogP contribution in [0.3, 0.4) is 0 Å². The number of hydrogen-bond donors (Lipinski definition) is 0. The van der Waals surface area contributed by atoms with Crippen LogP contribution in [0.25, 0.3) is 0 Å². The second-order valence-corrected chi connectivity index (χ2v) is 8.03. The highest BCUT2D eigenvalue weighted by Gasteiger charge is 2.49. The molecule has 1 heterocycles. The van der Waals surface area contributed by atoms with E-state index in [-0.39, 0.29) is 17.6 Å². The molecule has 1 fully saturated rings. The van der Waals surface area contributed by atoms with E-state index in [9.17, 15) is 19.7 Å². The Kier molecular flexibility index (Phi) is 4.88. The van der Waals surface area contributed by atoms with E-state index in [1.165, 1.54) is 17.0 Å². The van der Waals surface area contributed by atoms with Crippen molar-refractivity contribution in [2.45, 2.75) is 59.1 Å². The molecule has 0 unspecified atom stereocenters. The topological polar surface area (TPSA) is 89.8 Å². The number of ether oxygens (including phenoxy) is 1. The van der Waals surface area contributed by atoms with Crippen LogP contribution in [-0.2, 0) is 16.0 Å². The lowest BCUT2D eigenvalue weighted by Crippen LogP contribution is -2.44. The number of nitro groups is 1. The summed E-state index contributed by atoms with van der Waals surface area (Å²) in [5.74, 6) is -0.256. The maximum atomic E-state index is 12.6. The van der Waals surface area contributed by atoms with Gasteiger partial charge in [-0.3, -0.25) is 14.9 Å². The number of likely N-dealkylation sites (tertiary alicyclic amines) is 1. The molecule has 1 saturated heterocycles. The molecule has 0 bridgehead atoms. The highest BCUT2D eigenvalue weighted by Crippen LogP contribution is 2.37. The number of amides is 2. The van der Waals surface area contributed by atoms with Gasteiger partial charge in [0.25, 0.3) is 5.69 Å². The molecule has 0 N–H and O–H groups in total. The molecular weight excluding hydrogens is 324 g/mol. The van der Waals surface area contributed by atoms with Crippen LogP contribution in [0.4, 0.5) is 10.5 Å². The molecule has 7 heteroatoms. The third kappa shape index (κ3) is 4.35. The average molecular weight is 348 g/mol. The molecule has 136 valence electrons. The Morgan fingerprint density at radius 1 is 1.32 bits per heavy atom. The van der Waals surface area contributed by atoms with Crippen LogP contribution >= 0.6 is 0 Å². The molecule has 0 saturated carbocycles. The summed E-state index contributed by atoms with van der Waals surface area (Å²) in [6.45, 7) is 8.87. The molecule has 1 aromatic carbocycles. The number of non-ortho nitro benzene ring substituents is 1. The van der Waals surface area contributed by atoms with E-state index in [2.05, 4.69) is 0 Å². The first kappa shape index (κ1) is 18.9. The lowest BCUT2D eigenvalue weighted by Gasteiger charge is -2.27. The molecule has 0 spiro atoms. The highest BCUT2D eigenvalue weighted by molar-refractivity contribution is 5.97. The summed E-state index contributed by atoms with van der Waals surface area (Å²) in [6, 6.07) is 5.82. The van der Waals surface area contributed by atoms with Gasteiger partial charge in [-0.2, -0.15) is 0 Å². The predicted molar refractivity (Wildman–Crippen MR) is 92.1 cm³/mol. The van der Waals surface area contributed by atoms with Crippen LogP contribution in [0.5, 0.6) is 0 Å². The van der Waals surface area contributed by atoms with Gasteiger partial charge in [-0.1, -0.05) is 26.0 Å². The van der Waals surface area contributed by atoms with Crippen molar-refractivity contribution in [3.8, 4) is 0 Å². The maximum absolute atomic E-state index is 12.6. The smallest absolute Gasteiger partial charge is 0.417 e. The molecule has 2 rings (SSSR count). The van der Waals surface area contributed by atoms with Crippen molar-refractivity contribution in [1.29, 1.82) is 0 Å². The maximum Gasteiger partial charge on any atom is 0.417 e. The third-order valence-corrected chi connectivity index (χ3v) is 4.12. The lowest BCUT2D eigenvalue weighted by atomic mass is 9.88. The van der Waals surface area contributed by atoms with E-state index in [1.807, 2.05) is 13.8 Å². The van der Waals surface area contributed by atoms with Gasteiger partial charge in [0.2, 0.25) is 5.91 Å². The molecule has 1 aromatic rings. The number of rotatable bonds is 3. The highest BCUT2D eigenvalue weighted by atomic mass is 16.6. The Bertz CT molecular complexity index is 688. The largest absolute Gasteiger partial charge is 0.443 e. The first-order valence-electron chi connectivity index (χ1n) is 8.21. The van der Waals surface area contributed by atoms with Crippen LogP contribution < -0.4 is 0 Å². The molecular formula is C18H24N2O5. The van der Waals surface area contributed by atoms with Gasteiger partial charge in [-0.15, -0.1) is 0 Å². The van der Waals surface area contributed by atoms with E-state index >= 15 is 0 Å². The zero-order valence-corrected chi connectivity index (χ0v) is 15.2. The van der Waals surface area contributed by atoms with Crippen molar-refractivity contribution in [3.05, 3.63) is 39.9 Å². The number of nitrogens with zero attached hydrogens (tertiary/aromatic N) is 2. The van der Waals surface area contributed by atoms with E-state index in [4.69, 9.17) is 4.74 Å². The molecule has 0 aromatic heterocycles. The van der Waals surface area contributed by atoms with Crippen LogP contribution in [-0.4, -0.2) is 33.5 Å². The zero-order valence-electron chi connectivity index (χ0n) is 15.2. The molecule has 1 atom stereocenters. The first-order valence-corrected chi connectivity index (χ1v) is 8.21. The van der Waals surface area contributed by atoms with E-state index in [0.29, 0.717) is 12.8 Å². The minimum absolute atomic E-state index is 0.00979. The monoisotopic (exact) mass is 348 g/mol. The summed E-state index contributed by atoms with van der Waals surface area (Å²) in [4.78, 5) is 36.6. The summed E-state index contributed by atoms with van der Waals surface area (Å²) in [7, 11) is 0. The summed E-state index contributed by atoms with van der Waals surface area (Å²) in [6.07, 6.45) is 0.309. The van der Waals surface area contributed by atoms with Crippen LogP contribution in [0, 0.1) is 15.5 Å². The van der Waals surface area contributed by atoms with Crippen molar-refractivity contribution in [2.75, 3.05) is 0 Å². The molecule has 2 amide bonds. The quantitative estimate of drug-likeness (QED) is 0.614. The van der Waals surface area contributed by atoms with Crippen molar-refractivity contribution in [3.63, 3.8) is 0 Å². The van der Waals surface area contributed by atoms with Gasteiger partial charge in [0.1, 0.15) is 5.60 Å². The summed E-state index contributed by atoms with van der Waals surface area (Å²) < 4.78 is 5.38. The first-order chi connectivity index (χ1) is 11.4. The Hall–Kier alpha value is -2.44. The number of hydrogen-bond acceptors (Lipinski definition) is 5. The number of imide groups is 1. The predicted octanol–water partition coefficient (Wildman–Crippen LogP) is 3.70. The van der Waals surface area contributed by atoms with Gasteiger partial charge >= 0.3 is 6.09 Å². The van der Waals surface area contributed by atoms with Gasteiger partial charge in [0.15, 0.2) is 0 Å². The standard InChI is InChI=1S/C18H24N2O5/c1-17(2,3)25-16(22)19-14(11-18(4,5)15(19)21)10-12-6-8-13(9-7-12)20(23)24/h6-9,14H,10-11H2,1-5H3/t14-/m1/s1. The number of carbonyl (C=O) groups is 2. The fourth-order valence-electron chi connectivity index (χ4n) is 2.99. The van der Waals surface area contributed by atoms with Crippen molar-refractivity contribution in [1.82, 2.24) is 4.90 Å². The summed E-state index contributed by atoms with van der Waals surface area (Å²) in [5, 5.41) is 10.8. The van der Waals surface area contributed by atoms with Gasteiger partial charge in [-0.25, -0.2) is 9.69 Å². The van der Waals surface area contributed by atoms with Gasteiger partial charge in [0.05, 0.1) is 4.92 Å². The minimum Gasteiger partial charge on any atom is -0.443 e. The fourth-order valence-corrected chi connectivity index (χ4v) is 2.99. The molecule has 1 aliphatic rings. The van der Waals surface area contributed by atoms with Crippen molar-refractivity contribution >= 4 is 17.7 Å². The Balaban J connectivity index is 2.22. The second kappa shape index (κ2) is 6.46. The van der Waals surface area contributed by atoms with Crippen LogP contribution in [0.2, 0.25) is 0 Å². The molecule has 7 nitrogen and oxygen atoms in total. The summed E-state index contributed by atoms with van der Waals surface area (Å²) >= 11 is 0. The third-order valence-electron chi connectivity index (χ3n) is 4.12. The minimum atomic E-state index is -0.692. The van der Waals surface area contributed by atoms with Crippen LogP contribution in [0.15, 0.2) is 24.3 Å². The van der Waals surface area contributed by atoms with Crippen LogP contribution in [0.1, 0.15) is 46.6 Å². The number of nitro benzene ring substituents is 1. The Morgan fingerprint density at radius 3 is 2.36 bits per heavy atom. The molecule has 0 aliphatic carbocycles. The van der Waals surface area contributed by atoms with E-state index in [1.54, 1.807) is 32.9 Å². The van der Waals surface area contributed by atoms with Gasteiger partial charge in [-0.05, 0) is 39.2 Å². The SMILES string of the molecule is CC(C)(C)OC(=O)N1C(=O)C(C)(C)C[C@H]1Cc1ccc([N+](=O)[O-])cc1. The summed E-state index contributed by atoms with van der Waals surface area (Å²) in [5.41, 5.74) is -0.505. The molecule has 1 aliphatic heterocycles. The Labute approximate surface area is 147 Å². The van der Waals surface area contributed by atoms with E-state index < -0.39 is 22.0 Å². The normalized spacial score (nSPS) is 19.8. The molecule has 0 radical (unpaired) electrons. The van der Waals surface area contributed by atoms with Gasteiger partial charge < -0.3 is 4.74 Å². The zero-order chi connectivity index (χ0) is 19.0.